The van der Waals surface area contributed by atoms with E-state index in [4.69, 9.17) is 0 Å². The number of nitrogens with zero attached hydrogens (tertiary/aromatic N) is 1. The number of anilines is 1. The number of aryl methyl sites for hydroxylation is 2. The molecule has 1 heterocycles. The molecule has 3 heteroatoms. The lowest BCUT2D eigenvalue weighted by Crippen LogP contribution is -2.15. The van der Waals surface area contributed by atoms with Gasteiger partial charge in [-0.05, 0) is 48.7 Å². The van der Waals surface area contributed by atoms with E-state index in [-0.39, 0.29) is 5.91 Å². The first-order valence-electron chi connectivity index (χ1n) is 7.32. The molecule has 1 aromatic heterocycles. The van der Waals surface area contributed by atoms with Crippen molar-refractivity contribution in [3.63, 3.8) is 0 Å². The Morgan fingerprint density at radius 2 is 1.77 bits per heavy atom. The van der Waals surface area contributed by atoms with Crippen LogP contribution < -0.4 is 5.32 Å². The molecule has 1 amide bonds. The molecule has 0 bridgehead atoms. The summed E-state index contributed by atoms with van der Waals surface area (Å²) in [5.74, 6) is -0.0249. The molecule has 0 unspecified atom stereocenters. The van der Waals surface area contributed by atoms with Crippen molar-refractivity contribution >= 4 is 22.5 Å². The second-order valence-electron chi connectivity index (χ2n) is 5.59. The van der Waals surface area contributed by atoms with E-state index in [0.717, 1.165) is 33.3 Å². The number of amides is 1. The van der Waals surface area contributed by atoms with Gasteiger partial charge < -0.3 is 5.32 Å². The van der Waals surface area contributed by atoms with E-state index >= 15 is 0 Å². The second kappa shape index (κ2) is 5.98. The van der Waals surface area contributed by atoms with Crippen LogP contribution in [0.2, 0.25) is 0 Å². The molecule has 0 atom stereocenters. The lowest BCUT2D eigenvalue weighted by molar-refractivity contribution is -0.115. The Morgan fingerprint density at radius 3 is 2.55 bits per heavy atom. The molecule has 0 aliphatic carbocycles. The van der Waals surface area contributed by atoms with E-state index in [1.165, 1.54) is 0 Å². The Morgan fingerprint density at radius 1 is 1.05 bits per heavy atom. The SMILES string of the molecule is Cc1cc(C)cc(NC(=O)Cc2cccc3cccnc23)c1. The lowest BCUT2D eigenvalue weighted by Gasteiger charge is -2.09. The first kappa shape index (κ1) is 14.3. The first-order valence-corrected chi connectivity index (χ1v) is 7.32. The van der Waals surface area contributed by atoms with Crippen LogP contribution in [0, 0.1) is 13.8 Å². The van der Waals surface area contributed by atoms with Crippen LogP contribution in [0.5, 0.6) is 0 Å². The van der Waals surface area contributed by atoms with Gasteiger partial charge in [0.15, 0.2) is 0 Å². The number of rotatable bonds is 3. The number of aromatic nitrogens is 1. The third-order valence-electron chi connectivity index (χ3n) is 3.57. The van der Waals surface area contributed by atoms with Gasteiger partial charge in [-0.1, -0.05) is 30.3 Å². The molecule has 0 saturated carbocycles. The van der Waals surface area contributed by atoms with Crippen LogP contribution >= 0.6 is 0 Å². The van der Waals surface area contributed by atoms with E-state index in [1.54, 1.807) is 6.20 Å². The van der Waals surface area contributed by atoms with Gasteiger partial charge in [0.1, 0.15) is 0 Å². The van der Waals surface area contributed by atoms with Gasteiger partial charge in [0, 0.05) is 17.3 Å². The van der Waals surface area contributed by atoms with Gasteiger partial charge in [0.25, 0.3) is 0 Å². The normalized spacial score (nSPS) is 10.6. The number of benzene rings is 2. The molecular weight excluding hydrogens is 272 g/mol. The zero-order valence-corrected chi connectivity index (χ0v) is 12.8. The fourth-order valence-electron chi connectivity index (χ4n) is 2.74. The van der Waals surface area contributed by atoms with Crippen molar-refractivity contribution in [2.45, 2.75) is 20.3 Å². The highest BCUT2D eigenvalue weighted by atomic mass is 16.1. The Hall–Kier alpha value is -2.68. The highest BCUT2D eigenvalue weighted by Gasteiger charge is 2.08. The van der Waals surface area contributed by atoms with E-state index in [1.807, 2.05) is 56.3 Å². The first-order chi connectivity index (χ1) is 10.6. The highest BCUT2D eigenvalue weighted by Crippen LogP contribution is 2.18. The number of nitrogens with one attached hydrogen (secondary N) is 1. The van der Waals surface area contributed by atoms with Gasteiger partial charge in [-0.25, -0.2) is 0 Å². The number of hydrogen-bond acceptors (Lipinski definition) is 2. The average molecular weight is 290 g/mol. The molecule has 0 aliphatic heterocycles. The van der Waals surface area contributed by atoms with Gasteiger partial charge in [0.2, 0.25) is 5.91 Å². The fourth-order valence-corrected chi connectivity index (χ4v) is 2.74. The highest BCUT2D eigenvalue weighted by molar-refractivity contribution is 5.95. The van der Waals surface area contributed by atoms with Crippen LogP contribution in [-0.4, -0.2) is 10.9 Å². The van der Waals surface area contributed by atoms with Crippen molar-refractivity contribution in [3.8, 4) is 0 Å². The van der Waals surface area contributed by atoms with Crippen molar-refractivity contribution in [3.05, 3.63) is 71.4 Å². The van der Waals surface area contributed by atoms with Crippen molar-refractivity contribution in [2.75, 3.05) is 5.32 Å². The molecule has 110 valence electrons. The zero-order chi connectivity index (χ0) is 15.5. The maximum absolute atomic E-state index is 12.3. The van der Waals surface area contributed by atoms with Crippen molar-refractivity contribution in [2.24, 2.45) is 0 Å². The van der Waals surface area contributed by atoms with Gasteiger partial charge in [-0.2, -0.15) is 0 Å². The molecule has 0 fully saturated rings. The molecular formula is C19H18N2O. The molecule has 0 saturated heterocycles. The van der Waals surface area contributed by atoms with E-state index in [0.29, 0.717) is 6.42 Å². The minimum absolute atomic E-state index is 0.0249. The minimum Gasteiger partial charge on any atom is -0.326 e. The fraction of sp³-hybridized carbons (Fsp3) is 0.158. The topological polar surface area (TPSA) is 42.0 Å². The predicted octanol–water partition coefficient (Wildman–Crippen LogP) is 4.03. The molecule has 2 aromatic carbocycles. The molecule has 0 spiro atoms. The van der Waals surface area contributed by atoms with Crippen LogP contribution in [0.4, 0.5) is 5.69 Å². The summed E-state index contributed by atoms with van der Waals surface area (Å²) in [5.41, 5.74) is 4.96. The van der Waals surface area contributed by atoms with Crippen LogP contribution in [-0.2, 0) is 11.2 Å². The van der Waals surface area contributed by atoms with Gasteiger partial charge >= 0.3 is 0 Å². The molecule has 0 radical (unpaired) electrons. The van der Waals surface area contributed by atoms with Crippen LogP contribution in [0.15, 0.2) is 54.7 Å². The summed E-state index contributed by atoms with van der Waals surface area (Å²) in [6.45, 7) is 4.05. The standard InChI is InChI=1S/C19H18N2O/c1-13-9-14(2)11-17(10-13)21-18(22)12-16-6-3-5-15-7-4-8-20-19(15)16/h3-11H,12H2,1-2H3,(H,21,22). The monoisotopic (exact) mass is 290 g/mol. The summed E-state index contributed by atoms with van der Waals surface area (Å²) in [5, 5.41) is 4.02. The molecule has 3 nitrogen and oxygen atoms in total. The predicted molar refractivity (Wildman–Crippen MR) is 90.0 cm³/mol. The zero-order valence-electron chi connectivity index (χ0n) is 12.8. The van der Waals surface area contributed by atoms with E-state index < -0.39 is 0 Å². The van der Waals surface area contributed by atoms with Gasteiger partial charge in [0.05, 0.1) is 11.9 Å². The molecule has 1 N–H and O–H groups in total. The molecule has 0 aliphatic rings. The Balaban J connectivity index is 1.81. The summed E-state index contributed by atoms with van der Waals surface area (Å²) in [6.07, 6.45) is 2.08. The number of fused-ring (bicyclic) bond motifs is 1. The third kappa shape index (κ3) is 3.14. The van der Waals surface area contributed by atoms with Crippen molar-refractivity contribution < 1.29 is 4.79 Å². The quantitative estimate of drug-likeness (QED) is 0.791. The third-order valence-corrected chi connectivity index (χ3v) is 3.57. The van der Waals surface area contributed by atoms with Crippen LogP contribution in [0.25, 0.3) is 10.9 Å². The molecule has 22 heavy (non-hydrogen) atoms. The molecule has 3 rings (SSSR count). The number of para-hydroxylation sites is 1. The maximum Gasteiger partial charge on any atom is 0.228 e. The Kier molecular flexibility index (Phi) is 3.88. The minimum atomic E-state index is -0.0249. The number of hydrogen-bond donors (Lipinski definition) is 1. The van der Waals surface area contributed by atoms with E-state index in [9.17, 15) is 4.79 Å². The Bertz CT molecular complexity index is 814. The number of carbonyl (C=O) groups is 1. The van der Waals surface area contributed by atoms with Crippen molar-refractivity contribution in [1.29, 1.82) is 0 Å². The summed E-state index contributed by atoms with van der Waals surface area (Å²) in [7, 11) is 0. The summed E-state index contributed by atoms with van der Waals surface area (Å²) in [4.78, 5) is 16.7. The summed E-state index contributed by atoms with van der Waals surface area (Å²) >= 11 is 0. The smallest absolute Gasteiger partial charge is 0.228 e. The van der Waals surface area contributed by atoms with Crippen LogP contribution in [0.1, 0.15) is 16.7 Å². The average Bonchev–Trinajstić information content (AvgIpc) is 2.46. The summed E-state index contributed by atoms with van der Waals surface area (Å²) in [6, 6.07) is 15.9. The van der Waals surface area contributed by atoms with Crippen LogP contribution in [0.3, 0.4) is 0 Å². The lowest BCUT2D eigenvalue weighted by atomic mass is 10.1. The summed E-state index contributed by atoms with van der Waals surface area (Å²) < 4.78 is 0. The number of pyridine rings is 1. The van der Waals surface area contributed by atoms with Crippen molar-refractivity contribution in [1.82, 2.24) is 4.98 Å². The van der Waals surface area contributed by atoms with Gasteiger partial charge in [-0.3, -0.25) is 9.78 Å². The van der Waals surface area contributed by atoms with E-state index in [2.05, 4.69) is 16.4 Å². The maximum atomic E-state index is 12.3. The Labute approximate surface area is 130 Å². The van der Waals surface area contributed by atoms with Gasteiger partial charge in [-0.15, -0.1) is 0 Å². The molecule has 3 aromatic rings. The second-order valence-corrected chi connectivity index (χ2v) is 5.59. The number of carbonyl (C=O) groups excluding carboxylic acids is 1. The largest absolute Gasteiger partial charge is 0.326 e.